The fraction of sp³-hybridized carbons (Fsp3) is 0.222. The van der Waals surface area contributed by atoms with E-state index in [1.807, 2.05) is 18.2 Å². The number of thiocarbonyl (C=S) groups is 1. The number of aliphatic imine (C=N–C) groups is 1. The van der Waals surface area contributed by atoms with E-state index >= 15 is 0 Å². The molecule has 1 unspecified atom stereocenters. The van der Waals surface area contributed by atoms with Gasteiger partial charge in [0.25, 0.3) is 0 Å². The summed E-state index contributed by atoms with van der Waals surface area (Å²) in [6.45, 7) is 2.07. The molecule has 1 atom stereocenters. The van der Waals surface area contributed by atoms with Gasteiger partial charge in [0.15, 0.2) is 0 Å². The van der Waals surface area contributed by atoms with E-state index in [1.165, 1.54) is 5.56 Å². The molecule has 1 aromatic carbocycles. The summed E-state index contributed by atoms with van der Waals surface area (Å²) in [7, 11) is 0. The Morgan fingerprint density at radius 2 is 2.23 bits per heavy atom. The summed E-state index contributed by atoms with van der Waals surface area (Å²) in [5.41, 5.74) is 2.02. The Labute approximate surface area is 99.5 Å². The fourth-order valence-corrected chi connectivity index (χ4v) is 1.78. The monoisotopic (exact) mass is 319 g/mol. The van der Waals surface area contributed by atoms with E-state index in [9.17, 15) is 0 Å². The second-order valence-corrected chi connectivity index (χ2v) is 4.94. The topological polar surface area (TPSA) is 12.4 Å². The van der Waals surface area contributed by atoms with Crippen LogP contribution in [0.5, 0.6) is 0 Å². The van der Waals surface area contributed by atoms with Gasteiger partial charge in [-0.2, -0.15) is 4.99 Å². The molecule has 0 heterocycles. The zero-order valence-electron chi connectivity index (χ0n) is 6.92. The minimum Gasteiger partial charge on any atom is -0.194 e. The van der Waals surface area contributed by atoms with Crippen LogP contribution in [0.2, 0.25) is 0 Å². The fourth-order valence-electron chi connectivity index (χ4n) is 0.910. The summed E-state index contributed by atoms with van der Waals surface area (Å²) in [5.74, 6) is 0. The average molecular weight is 321 g/mol. The molecule has 13 heavy (non-hydrogen) atoms. The predicted octanol–water partition coefficient (Wildman–Crippen LogP) is 4.64. The lowest BCUT2D eigenvalue weighted by molar-refractivity contribution is 1.12. The molecular formula is C9H7Br2NS. The highest BCUT2D eigenvalue weighted by molar-refractivity contribution is 9.10. The number of hydrogen-bond donors (Lipinski definition) is 0. The Balaban J connectivity index is 3.12. The van der Waals surface area contributed by atoms with Crippen molar-refractivity contribution in [3.63, 3.8) is 0 Å². The maximum absolute atomic E-state index is 4.53. The van der Waals surface area contributed by atoms with Crippen molar-refractivity contribution in [1.29, 1.82) is 0 Å². The van der Waals surface area contributed by atoms with E-state index in [0.717, 1.165) is 10.2 Å². The molecule has 0 N–H and O–H groups in total. The Morgan fingerprint density at radius 1 is 1.54 bits per heavy atom. The molecule has 0 bridgehead atoms. The summed E-state index contributed by atoms with van der Waals surface area (Å²) >= 11 is 11.4. The van der Waals surface area contributed by atoms with Crippen LogP contribution in [0.3, 0.4) is 0 Å². The van der Waals surface area contributed by atoms with E-state index in [4.69, 9.17) is 0 Å². The zero-order valence-corrected chi connectivity index (χ0v) is 10.9. The summed E-state index contributed by atoms with van der Waals surface area (Å²) in [6.07, 6.45) is 0. The van der Waals surface area contributed by atoms with E-state index in [-0.39, 0.29) is 0 Å². The second kappa shape index (κ2) is 5.01. The van der Waals surface area contributed by atoms with Crippen LogP contribution in [0.1, 0.15) is 17.3 Å². The van der Waals surface area contributed by atoms with Gasteiger partial charge in [0.1, 0.15) is 0 Å². The third-order valence-corrected chi connectivity index (χ3v) is 2.85. The molecule has 0 saturated heterocycles. The Bertz CT molecular complexity index is 357. The molecule has 1 aromatic rings. The number of benzene rings is 1. The van der Waals surface area contributed by atoms with Gasteiger partial charge in [-0.1, -0.05) is 22.0 Å². The maximum Gasteiger partial charge on any atom is 0.0881 e. The Morgan fingerprint density at radius 3 is 2.69 bits per heavy atom. The van der Waals surface area contributed by atoms with Gasteiger partial charge in [0.05, 0.1) is 10.8 Å². The van der Waals surface area contributed by atoms with Crippen LogP contribution in [0.4, 0.5) is 5.69 Å². The number of nitrogens with zero attached hydrogens (tertiary/aromatic N) is 1. The van der Waals surface area contributed by atoms with E-state index < -0.39 is 0 Å². The quantitative estimate of drug-likeness (QED) is 0.439. The smallest absolute Gasteiger partial charge is 0.0881 e. The summed E-state index contributed by atoms with van der Waals surface area (Å²) in [5, 5.41) is 2.34. The van der Waals surface area contributed by atoms with Crippen molar-refractivity contribution >= 4 is 54.9 Å². The predicted molar refractivity (Wildman–Crippen MR) is 66.2 cm³/mol. The molecule has 0 aliphatic rings. The van der Waals surface area contributed by atoms with Crippen LogP contribution in [0, 0.1) is 0 Å². The van der Waals surface area contributed by atoms with Crippen LogP contribution < -0.4 is 0 Å². The lowest BCUT2D eigenvalue weighted by atomic mass is 10.1. The van der Waals surface area contributed by atoms with E-state index in [0.29, 0.717) is 4.83 Å². The molecule has 0 aliphatic carbocycles. The minimum absolute atomic E-state index is 0.342. The molecule has 0 aromatic heterocycles. The highest BCUT2D eigenvalue weighted by Crippen LogP contribution is 2.30. The zero-order chi connectivity index (χ0) is 9.84. The molecule has 0 fully saturated rings. The first kappa shape index (κ1) is 11.1. The molecule has 68 valence electrons. The summed E-state index contributed by atoms with van der Waals surface area (Å²) in [4.78, 5) is 4.25. The first-order chi connectivity index (χ1) is 6.15. The van der Waals surface area contributed by atoms with Crippen molar-refractivity contribution in [2.75, 3.05) is 0 Å². The van der Waals surface area contributed by atoms with Crippen LogP contribution in [-0.2, 0) is 0 Å². The number of alkyl halides is 1. The van der Waals surface area contributed by atoms with Gasteiger partial charge in [0.2, 0.25) is 0 Å². The van der Waals surface area contributed by atoms with Gasteiger partial charge < -0.3 is 0 Å². The molecule has 4 heteroatoms. The second-order valence-electron chi connectivity index (χ2n) is 2.53. The number of isothiocyanates is 1. The molecule has 1 nitrogen and oxygen atoms in total. The number of rotatable bonds is 2. The van der Waals surface area contributed by atoms with Crippen molar-refractivity contribution in [2.24, 2.45) is 4.99 Å². The molecule has 0 spiro atoms. The lowest BCUT2D eigenvalue weighted by Gasteiger charge is -2.04. The standard InChI is InChI=1S/C9H7Br2NS/c1-6(10)7-2-3-9(12-5-13)8(11)4-7/h2-4,6H,1H3. The Kier molecular flexibility index (Phi) is 4.26. The summed E-state index contributed by atoms with van der Waals surface area (Å²) < 4.78 is 0.939. The van der Waals surface area contributed by atoms with Gasteiger partial charge in [-0.3, -0.25) is 0 Å². The highest BCUT2D eigenvalue weighted by atomic mass is 79.9. The van der Waals surface area contributed by atoms with Crippen molar-refractivity contribution in [2.45, 2.75) is 11.8 Å². The van der Waals surface area contributed by atoms with Crippen molar-refractivity contribution in [3.8, 4) is 0 Å². The largest absolute Gasteiger partial charge is 0.194 e. The van der Waals surface area contributed by atoms with E-state index in [2.05, 4.69) is 61.2 Å². The number of halogens is 2. The first-order valence-electron chi connectivity index (χ1n) is 3.66. The lowest BCUT2D eigenvalue weighted by Crippen LogP contribution is -1.82. The SMILES string of the molecule is CC(Br)c1ccc(N=C=S)c(Br)c1. The molecule has 1 rings (SSSR count). The maximum atomic E-state index is 4.53. The van der Waals surface area contributed by atoms with Crippen molar-refractivity contribution in [3.05, 3.63) is 28.2 Å². The van der Waals surface area contributed by atoms with Gasteiger partial charge in [-0.15, -0.1) is 0 Å². The summed E-state index contributed by atoms with van der Waals surface area (Å²) in [6, 6.07) is 5.94. The van der Waals surface area contributed by atoms with Gasteiger partial charge in [0, 0.05) is 9.30 Å². The van der Waals surface area contributed by atoms with E-state index in [1.54, 1.807) is 0 Å². The van der Waals surface area contributed by atoms with Gasteiger partial charge in [-0.05, 0) is 52.8 Å². The molecule has 0 radical (unpaired) electrons. The van der Waals surface area contributed by atoms with Crippen molar-refractivity contribution < 1.29 is 0 Å². The molecule has 0 aliphatic heterocycles. The normalized spacial score (nSPS) is 11.9. The van der Waals surface area contributed by atoms with Gasteiger partial charge in [-0.25, -0.2) is 0 Å². The molecule has 0 saturated carbocycles. The van der Waals surface area contributed by atoms with Crippen molar-refractivity contribution in [1.82, 2.24) is 0 Å². The third-order valence-electron chi connectivity index (χ3n) is 1.60. The third kappa shape index (κ3) is 2.99. The minimum atomic E-state index is 0.342. The van der Waals surface area contributed by atoms with Crippen LogP contribution >= 0.6 is 44.1 Å². The number of hydrogen-bond acceptors (Lipinski definition) is 2. The molecular weight excluding hydrogens is 314 g/mol. The van der Waals surface area contributed by atoms with Gasteiger partial charge >= 0.3 is 0 Å². The highest BCUT2D eigenvalue weighted by Gasteiger charge is 2.03. The molecule has 0 amide bonds. The van der Waals surface area contributed by atoms with Crippen LogP contribution in [0.25, 0.3) is 0 Å². The van der Waals surface area contributed by atoms with Crippen LogP contribution in [-0.4, -0.2) is 5.16 Å². The Hall–Kier alpha value is -0.0200. The average Bonchev–Trinajstić information content (AvgIpc) is 2.08. The van der Waals surface area contributed by atoms with Crippen LogP contribution in [0.15, 0.2) is 27.7 Å². The first-order valence-corrected chi connectivity index (χ1v) is 5.78.